The molecule has 4 nitrogen and oxygen atoms in total. The topological polar surface area (TPSA) is 56.7 Å². The standard InChI is InChI=1S/C16H24N4S/c1-11(2)14-18-19-15(20(14)17)21-10-12-6-8-13(9-7-12)16(3,4)5/h6-9,11H,10,17H2,1-5H3. The number of aromatic nitrogens is 3. The van der Waals surface area contributed by atoms with Crippen LogP contribution in [-0.2, 0) is 11.2 Å². The van der Waals surface area contributed by atoms with Crippen molar-refractivity contribution in [1.29, 1.82) is 0 Å². The van der Waals surface area contributed by atoms with Crippen molar-refractivity contribution >= 4 is 11.8 Å². The Balaban J connectivity index is 2.03. The van der Waals surface area contributed by atoms with Crippen LogP contribution in [0.4, 0.5) is 0 Å². The van der Waals surface area contributed by atoms with Crippen LogP contribution in [0.1, 0.15) is 57.5 Å². The van der Waals surface area contributed by atoms with Gasteiger partial charge in [0.1, 0.15) is 0 Å². The van der Waals surface area contributed by atoms with Gasteiger partial charge >= 0.3 is 0 Å². The first-order valence-electron chi connectivity index (χ1n) is 7.21. The van der Waals surface area contributed by atoms with Gasteiger partial charge in [-0.1, -0.05) is 70.6 Å². The van der Waals surface area contributed by atoms with Crippen molar-refractivity contribution in [2.45, 2.75) is 56.9 Å². The van der Waals surface area contributed by atoms with Crippen molar-refractivity contribution in [3.05, 3.63) is 41.2 Å². The molecule has 2 rings (SSSR count). The second kappa shape index (κ2) is 6.10. The average molecular weight is 304 g/mol. The van der Waals surface area contributed by atoms with Crippen molar-refractivity contribution in [1.82, 2.24) is 14.9 Å². The van der Waals surface area contributed by atoms with E-state index in [1.807, 2.05) is 0 Å². The van der Waals surface area contributed by atoms with Crippen LogP contribution in [0.25, 0.3) is 0 Å². The highest BCUT2D eigenvalue weighted by Crippen LogP contribution is 2.25. The van der Waals surface area contributed by atoms with E-state index in [2.05, 4.69) is 69.1 Å². The predicted octanol–water partition coefficient (Wildman–Crippen LogP) is 3.71. The Kier molecular flexibility index (Phi) is 4.61. The first-order valence-corrected chi connectivity index (χ1v) is 8.20. The summed E-state index contributed by atoms with van der Waals surface area (Å²) in [5.41, 5.74) is 2.80. The molecule has 1 heterocycles. The zero-order valence-corrected chi connectivity index (χ0v) is 14.2. The van der Waals surface area contributed by atoms with E-state index in [1.165, 1.54) is 11.1 Å². The lowest BCUT2D eigenvalue weighted by molar-refractivity contribution is 0.590. The Morgan fingerprint density at radius 3 is 2.24 bits per heavy atom. The zero-order chi connectivity index (χ0) is 15.6. The first-order chi connectivity index (χ1) is 9.79. The fourth-order valence-electron chi connectivity index (χ4n) is 2.03. The van der Waals surface area contributed by atoms with Crippen molar-refractivity contribution in [2.24, 2.45) is 0 Å². The van der Waals surface area contributed by atoms with Crippen LogP contribution in [0.3, 0.4) is 0 Å². The quantitative estimate of drug-likeness (QED) is 0.691. The van der Waals surface area contributed by atoms with E-state index in [4.69, 9.17) is 5.84 Å². The van der Waals surface area contributed by atoms with E-state index in [1.54, 1.807) is 16.4 Å². The minimum Gasteiger partial charge on any atom is -0.336 e. The number of rotatable bonds is 4. The fourth-order valence-corrected chi connectivity index (χ4v) is 2.85. The molecule has 0 unspecified atom stereocenters. The van der Waals surface area contributed by atoms with Crippen LogP contribution in [0.5, 0.6) is 0 Å². The Labute approximate surface area is 131 Å². The molecule has 0 radical (unpaired) electrons. The van der Waals surface area contributed by atoms with E-state index in [-0.39, 0.29) is 11.3 Å². The molecule has 0 amide bonds. The molecule has 0 spiro atoms. The van der Waals surface area contributed by atoms with E-state index in [0.717, 1.165) is 16.7 Å². The molecule has 0 fully saturated rings. The number of nitrogens with zero attached hydrogens (tertiary/aromatic N) is 3. The van der Waals surface area contributed by atoms with Gasteiger partial charge in [-0.05, 0) is 16.5 Å². The lowest BCUT2D eigenvalue weighted by atomic mass is 9.87. The largest absolute Gasteiger partial charge is 0.336 e. The Hall–Kier alpha value is -1.49. The van der Waals surface area contributed by atoms with E-state index in [0.29, 0.717) is 0 Å². The lowest BCUT2D eigenvalue weighted by Gasteiger charge is -2.19. The Bertz CT molecular complexity index is 594. The van der Waals surface area contributed by atoms with Crippen LogP contribution >= 0.6 is 11.8 Å². The van der Waals surface area contributed by atoms with Crippen LogP contribution < -0.4 is 5.84 Å². The van der Waals surface area contributed by atoms with Crippen LogP contribution in [0.2, 0.25) is 0 Å². The summed E-state index contributed by atoms with van der Waals surface area (Å²) in [5.74, 6) is 7.97. The Morgan fingerprint density at radius 2 is 1.76 bits per heavy atom. The highest BCUT2D eigenvalue weighted by molar-refractivity contribution is 7.98. The average Bonchev–Trinajstić information content (AvgIpc) is 2.77. The summed E-state index contributed by atoms with van der Waals surface area (Å²) in [7, 11) is 0. The maximum absolute atomic E-state index is 6.02. The molecule has 2 aromatic rings. The molecule has 0 saturated carbocycles. The molecule has 0 atom stereocenters. The third-order valence-electron chi connectivity index (χ3n) is 3.40. The molecule has 0 saturated heterocycles. The van der Waals surface area contributed by atoms with Crippen molar-refractivity contribution in [2.75, 3.05) is 5.84 Å². The van der Waals surface area contributed by atoms with Crippen molar-refractivity contribution < 1.29 is 0 Å². The number of nitrogen functional groups attached to an aromatic ring is 1. The smallest absolute Gasteiger partial charge is 0.210 e. The van der Waals surface area contributed by atoms with Gasteiger partial charge in [-0.2, -0.15) is 0 Å². The summed E-state index contributed by atoms with van der Waals surface area (Å²) in [4.78, 5) is 0. The number of thioether (sulfide) groups is 1. The highest BCUT2D eigenvalue weighted by atomic mass is 32.2. The monoisotopic (exact) mass is 304 g/mol. The maximum Gasteiger partial charge on any atom is 0.210 e. The van der Waals surface area contributed by atoms with Gasteiger partial charge in [0.05, 0.1) is 0 Å². The number of hydrogen-bond acceptors (Lipinski definition) is 4. The molecule has 2 N–H and O–H groups in total. The summed E-state index contributed by atoms with van der Waals surface area (Å²) < 4.78 is 1.60. The van der Waals surface area contributed by atoms with Gasteiger partial charge in [0.2, 0.25) is 5.16 Å². The summed E-state index contributed by atoms with van der Waals surface area (Å²) in [6, 6.07) is 8.74. The molecule has 0 bridgehead atoms. The van der Waals surface area contributed by atoms with Gasteiger partial charge in [-0.15, -0.1) is 10.2 Å². The second-order valence-electron chi connectivity index (χ2n) is 6.60. The molecule has 0 aliphatic rings. The normalized spacial score (nSPS) is 12.1. The van der Waals surface area contributed by atoms with Gasteiger partial charge in [-0.25, -0.2) is 4.68 Å². The lowest BCUT2D eigenvalue weighted by Crippen LogP contribution is -2.15. The minimum atomic E-state index is 0.190. The SMILES string of the molecule is CC(C)c1nnc(SCc2ccc(C(C)(C)C)cc2)n1N. The molecular formula is C16H24N4S. The van der Waals surface area contributed by atoms with Crippen LogP contribution in [0.15, 0.2) is 29.4 Å². The molecule has 0 aliphatic heterocycles. The molecule has 5 heteroatoms. The van der Waals surface area contributed by atoms with Crippen molar-refractivity contribution in [3.63, 3.8) is 0 Å². The molecule has 21 heavy (non-hydrogen) atoms. The van der Waals surface area contributed by atoms with Crippen LogP contribution in [-0.4, -0.2) is 14.9 Å². The summed E-state index contributed by atoms with van der Waals surface area (Å²) in [5, 5.41) is 9.06. The zero-order valence-electron chi connectivity index (χ0n) is 13.4. The fraction of sp³-hybridized carbons (Fsp3) is 0.500. The maximum atomic E-state index is 6.02. The second-order valence-corrected chi connectivity index (χ2v) is 7.54. The molecule has 1 aromatic carbocycles. The third kappa shape index (κ3) is 3.79. The van der Waals surface area contributed by atoms with Gasteiger partial charge in [0, 0.05) is 11.7 Å². The van der Waals surface area contributed by atoms with Crippen LogP contribution in [0, 0.1) is 0 Å². The number of benzene rings is 1. The van der Waals surface area contributed by atoms with Gasteiger partial charge in [-0.3, -0.25) is 0 Å². The predicted molar refractivity (Wildman–Crippen MR) is 89.0 cm³/mol. The number of nitrogens with two attached hydrogens (primary N) is 1. The molecule has 1 aromatic heterocycles. The van der Waals surface area contributed by atoms with Crippen molar-refractivity contribution in [3.8, 4) is 0 Å². The number of hydrogen-bond donors (Lipinski definition) is 1. The third-order valence-corrected chi connectivity index (χ3v) is 4.41. The van der Waals surface area contributed by atoms with E-state index < -0.39 is 0 Å². The summed E-state index contributed by atoms with van der Waals surface area (Å²) in [6.45, 7) is 10.8. The van der Waals surface area contributed by atoms with Gasteiger partial charge < -0.3 is 5.84 Å². The molecule has 0 aliphatic carbocycles. The summed E-state index contributed by atoms with van der Waals surface area (Å²) >= 11 is 1.62. The minimum absolute atomic E-state index is 0.190. The van der Waals surface area contributed by atoms with E-state index >= 15 is 0 Å². The summed E-state index contributed by atoms with van der Waals surface area (Å²) in [6.07, 6.45) is 0. The van der Waals surface area contributed by atoms with E-state index in [9.17, 15) is 0 Å². The first kappa shape index (κ1) is 15.9. The molecular weight excluding hydrogens is 280 g/mol. The highest BCUT2D eigenvalue weighted by Gasteiger charge is 2.14. The Morgan fingerprint density at radius 1 is 1.14 bits per heavy atom. The van der Waals surface area contributed by atoms with Gasteiger partial charge in [0.15, 0.2) is 5.82 Å². The molecule has 114 valence electrons. The van der Waals surface area contributed by atoms with Gasteiger partial charge in [0.25, 0.3) is 0 Å².